The summed E-state index contributed by atoms with van der Waals surface area (Å²) in [5.74, 6) is 0.661. The first-order valence-corrected chi connectivity index (χ1v) is 9.13. The van der Waals surface area contributed by atoms with E-state index in [2.05, 4.69) is 42.3 Å². The minimum atomic E-state index is 0.519. The summed E-state index contributed by atoms with van der Waals surface area (Å²) in [5.41, 5.74) is 3.25. The number of hydrogen-bond acceptors (Lipinski definition) is 2. The molecule has 2 aliphatic rings. The Morgan fingerprint density at radius 1 is 1.18 bits per heavy atom. The second kappa shape index (κ2) is 6.90. The molecule has 1 heterocycles. The molecule has 1 aliphatic heterocycles. The van der Waals surface area contributed by atoms with E-state index in [0.717, 1.165) is 37.7 Å². The summed E-state index contributed by atoms with van der Waals surface area (Å²) in [4.78, 5) is 2.50. The van der Waals surface area contributed by atoms with Crippen LogP contribution in [0.4, 0.5) is 0 Å². The van der Waals surface area contributed by atoms with Crippen molar-refractivity contribution >= 4 is 11.6 Å². The first-order chi connectivity index (χ1) is 10.5. The van der Waals surface area contributed by atoms with Crippen molar-refractivity contribution in [2.75, 3.05) is 26.2 Å². The van der Waals surface area contributed by atoms with Crippen LogP contribution in [-0.4, -0.2) is 31.1 Å². The molecule has 0 unspecified atom stereocenters. The predicted octanol–water partition coefficient (Wildman–Crippen LogP) is 4.43. The second-order valence-electron chi connectivity index (χ2n) is 7.82. The van der Waals surface area contributed by atoms with Gasteiger partial charge >= 0.3 is 0 Å². The van der Waals surface area contributed by atoms with Crippen LogP contribution in [0.3, 0.4) is 0 Å². The van der Waals surface area contributed by atoms with Gasteiger partial charge in [0.1, 0.15) is 0 Å². The predicted molar refractivity (Wildman–Crippen MR) is 94.6 cm³/mol. The van der Waals surface area contributed by atoms with Crippen molar-refractivity contribution in [3.05, 3.63) is 34.3 Å². The third-order valence-electron chi connectivity index (χ3n) is 5.46. The number of hydrogen-bond donors (Lipinski definition) is 1. The fourth-order valence-corrected chi connectivity index (χ4v) is 4.20. The maximum absolute atomic E-state index is 6.62. The average Bonchev–Trinajstić information content (AvgIpc) is 2.49. The first-order valence-electron chi connectivity index (χ1n) is 8.75. The van der Waals surface area contributed by atoms with Crippen molar-refractivity contribution < 1.29 is 0 Å². The molecule has 2 fully saturated rings. The van der Waals surface area contributed by atoms with E-state index in [1.165, 1.54) is 36.8 Å². The van der Waals surface area contributed by atoms with Crippen LogP contribution in [0.5, 0.6) is 0 Å². The van der Waals surface area contributed by atoms with E-state index < -0.39 is 0 Å². The smallest absolute Gasteiger partial charge is 0.0444 e. The van der Waals surface area contributed by atoms with Gasteiger partial charge in [0.15, 0.2) is 0 Å². The topological polar surface area (TPSA) is 15.3 Å². The fourth-order valence-electron chi connectivity index (χ4n) is 3.84. The largest absolute Gasteiger partial charge is 0.314 e. The zero-order chi connectivity index (χ0) is 15.6. The van der Waals surface area contributed by atoms with E-state index in [4.69, 9.17) is 11.6 Å². The van der Waals surface area contributed by atoms with E-state index in [-0.39, 0.29) is 0 Å². The molecule has 1 N–H and O–H groups in total. The highest BCUT2D eigenvalue weighted by Crippen LogP contribution is 2.44. The summed E-state index contributed by atoms with van der Waals surface area (Å²) in [6.07, 6.45) is 5.20. The summed E-state index contributed by atoms with van der Waals surface area (Å²) in [6, 6.07) is 6.80. The summed E-state index contributed by atoms with van der Waals surface area (Å²) in [6.45, 7) is 10.3. The molecule has 0 aromatic heterocycles. The Bertz CT molecular complexity index is 496. The summed E-state index contributed by atoms with van der Waals surface area (Å²) >= 11 is 6.62. The van der Waals surface area contributed by atoms with Gasteiger partial charge < -0.3 is 5.32 Å². The van der Waals surface area contributed by atoms with Gasteiger partial charge in [0.2, 0.25) is 0 Å². The molecule has 2 nitrogen and oxygen atoms in total. The van der Waals surface area contributed by atoms with Crippen LogP contribution in [0.25, 0.3) is 0 Å². The van der Waals surface area contributed by atoms with Gasteiger partial charge in [-0.25, -0.2) is 0 Å². The van der Waals surface area contributed by atoms with Crippen molar-refractivity contribution in [3.63, 3.8) is 0 Å². The van der Waals surface area contributed by atoms with E-state index in [9.17, 15) is 0 Å². The van der Waals surface area contributed by atoms with Gasteiger partial charge in [-0.1, -0.05) is 37.6 Å². The molecule has 0 amide bonds. The molecule has 1 aliphatic carbocycles. The lowest BCUT2D eigenvalue weighted by atomic mass is 9.71. The molecule has 3 heteroatoms. The molecule has 0 radical (unpaired) electrons. The second-order valence-corrected chi connectivity index (χ2v) is 8.23. The third kappa shape index (κ3) is 4.04. The zero-order valence-corrected chi connectivity index (χ0v) is 14.8. The lowest BCUT2D eigenvalue weighted by Gasteiger charge is -2.35. The summed E-state index contributed by atoms with van der Waals surface area (Å²) in [7, 11) is 0. The number of nitrogens with one attached hydrogen (secondary N) is 1. The van der Waals surface area contributed by atoms with Gasteiger partial charge in [-0.2, -0.15) is 0 Å². The average molecular weight is 321 g/mol. The van der Waals surface area contributed by atoms with Crippen LogP contribution in [0, 0.1) is 5.41 Å². The molecule has 1 aromatic rings. The number of benzene rings is 1. The van der Waals surface area contributed by atoms with Crippen LogP contribution in [0.2, 0.25) is 5.02 Å². The van der Waals surface area contributed by atoms with Crippen LogP contribution in [0.15, 0.2) is 18.2 Å². The summed E-state index contributed by atoms with van der Waals surface area (Å²) < 4.78 is 0. The van der Waals surface area contributed by atoms with Gasteiger partial charge in [0.05, 0.1) is 0 Å². The lowest BCUT2D eigenvalue weighted by Crippen LogP contribution is -2.42. The Hall–Kier alpha value is -0.570. The highest BCUT2D eigenvalue weighted by atomic mass is 35.5. The van der Waals surface area contributed by atoms with Crippen LogP contribution >= 0.6 is 11.6 Å². The van der Waals surface area contributed by atoms with Gasteiger partial charge in [0, 0.05) is 37.7 Å². The Morgan fingerprint density at radius 3 is 2.50 bits per heavy atom. The highest BCUT2D eigenvalue weighted by molar-refractivity contribution is 6.31. The van der Waals surface area contributed by atoms with Crippen molar-refractivity contribution in [1.29, 1.82) is 0 Å². The molecule has 0 atom stereocenters. The van der Waals surface area contributed by atoms with Crippen LogP contribution in [-0.2, 0) is 6.54 Å². The monoisotopic (exact) mass is 320 g/mol. The van der Waals surface area contributed by atoms with E-state index >= 15 is 0 Å². The summed E-state index contributed by atoms with van der Waals surface area (Å²) in [5, 5.41) is 4.39. The maximum Gasteiger partial charge on any atom is 0.0444 e. The minimum Gasteiger partial charge on any atom is -0.314 e. The highest BCUT2D eigenvalue weighted by Gasteiger charge is 2.28. The van der Waals surface area contributed by atoms with Crippen molar-refractivity contribution in [1.82, 2.24) is 10.2 Å². The molecule has 0 bridgehead atoms. The first kappa shape index (κ1) is 16.3. The van der Waals surface area contributed by atoms with Crippen molar-refractivity contribution in [3.8, 4) is 0 Å². The van der Waals surface area contributed by atoms with Crippen LogP contribution in [0.1, 0.15) is 56.6 Å². The van der Waals surface area contributed by atoms with Crippen LogP contribution < -0.4 is 5.32 Å². The quantitative estimate of drug-likeness (QED) is 0.886. The van der Waals surface area contributed by atoms with E-state index in [1.54, 1.807) is 0 Å². The maximum atomic E-state index is 6.62. The Kier molecular flexibility index (Phi) is 5.11. The molecule has 1 saturated carbocycles. The Labute approximate surface area is 140 Å². The Morgan fingerprint density at radius 2 is 1.86 bits per heavy atom. The fraction of sp³-hybridized carbons (Fsp3) is 0.684. The van der Waals surface area contributed by atoms with Gasteiger partial charge in [-0.15, -0.1) is 0 Å². The Balaban J connectivity index is 1.64. The number of nitrogens with zero attached hydrogens (tertiary/aromatic N) is 1. The van der Waals surface area contributed by atoms with Gasteiger partial charge in [0.25, 0.3) is 0 Å². The molecule has 1 saturated heterocycles. The molecule has 1 aromatic carbocycles. The molecule has 3 rings (SSSR count). The zero-order valence-electron chi connectivity index (χ0n) is 14.0. The minimum absolute atomic E-state index is 0.519. The molecular weight excluding hydrogens is 292 g/mol. The molecular formula is C19H29ClN2. The normalized spacial score (nSPS) is 23.6. The van der Waals surface area contributed by atoms with Crippen molar-refractivity contribution in [2.45, 2.75) is 52.0 Å². The number of halogens is 1. The number of piperazine rings is 1. The third-order valence-corrected chi connectivity index (χ3v) is 5.79. The molecule has 0 spiro atoms. The number of rotatable bonds is 3. The van der Waals surface area contributed by atoms with E-state index in [0.29, 0.717) is 11.3 Å². The SMILES string of the molecule is CC1(C)CCC(c2ccc(CN3CCNCC3)cc2Cl)CC1. The standard InChI is InChI=1S/C19H29ClN2/c1-19(2)7-5-16(6-8-19)17-4-3-15(13-18(17)20)14-22-11-9-21-10-12-22/h3-4,13,16,21H,5-12,14H2,1-2H3. The lowest BCUT2D eigenvalue weighted by molar-refractivity contribution is 0.224. The molecule has 22 heavy (non-hydrogen) atoms. The van der Waals surface area contributed by atoms with Gasteiger partial charge in [-0.05, 0) is 54.2 Å². The van der Waals surface area contributed by atoms with E-state index in [1.807, 2.05) is 0 Å². The van der Waals surface area contributed by atoms with Crippen molar-refractivity contribution in [2.24, 2.45) is 5.41 Å². The van der Waals surface area contributed by atoms with Gasteiger partial charge in [-0.3, -0.25) is 4.90 Å². The molecule has 122 valence electrons.